The quantitative estimate of drug-likeness (QED) is 0.428. The van der Waals surface area contributed by atoms with Crippen LogP contribution < -0.4 is 11.5 Å². The van der Waals surface area contributed by atoms with Gasteiger partial charge in [0.15, 0.2) is 0 Å². The zero-order chi connectivity index (χ0) is 10.2. The molecule has 0 heterocycles. The Kier molecular flexibility index (Phi) is 3.03. The summed E-state index contributed by atoms with van der Waals surface area (Å²) in [6.07, 6.45) is 0.805. The highest BCUT2D eigenvalue weighted by molar-refractivity contribution is 7.81. The van der Waals surface area contributed by atoms with E-state index in [4.69, 9.17) is 11.5 Å². The molecule has 0 radical (unpaired) electrons. The van der Waals surface area contributed by atoms with Crippen LogP contribution in [-0.2, 0) is 6.42 Å². The monoisotopic (exact) mass is 214 g/mol. The SMILES string of the molecule is CCc1c(N)c(S)c(C)c(S)c1N. The minimum Gasteiger partial charge on any atom is -0.398 e. The van der Waals surface area contributed by atoms with Crippen LogP contribution in [-0.4, -0.2) is 0 Å². The number of hydrogen-bond acceptors (Lipinski definition) is 4. The van der Waals surface area contributed by atoms with Gasteiger partial charge in [0.2, 0.25) is 0 Å². The van der Waals surface area contributed by atoms with Crippen molar-refractivity contribution in [2.24, 2.45) is 0 Å². The van der Waals surface area contributed by atoms with Gasteiger partial charge in [-0.3, -0.25) is 0 Å². The molecule has 0 saturated carbocycles. The van der Waals surface area contributed by atoms with Gasteiger partial charge >= 0.3 is 0 Å². The fraction of sp³-hybridized carbons (Fsp3) is 0.333. The van der Waals surface area contributed by atoms with Crippen molar-refractivity contribution in [2.45, 2.75) is 30.1 Å². The molecule has 0 aliphatic rings. The molecule has 0 spiro atoms. The normalized spacial score (nSPS) is 10.5. The number of hydrogen-bond donors (Lipinski definition) is 4. The van der Waals surface area contributed by atoms with Gasteiger partial charge in [0.25, 0.3) is 0 Å². The maximum absolute atomic E-state index is 5.87. The Morgan fingerprint density at radius 2 is 1.46 bits per heavy atom. The van der Waals surface area contributed by atoms with Crippen molar-refractivity contribution in [3.63, 3.8) is 0 Å². The van der Waals surface area contributed by atoms with Crippen LogP contribution in [0.25, 0.3) is 0 Å². The molecular formula is C9H14N2S2. The summed E-state index contributed by atoms with van der Waals surface area (Å²) in [5.41, 5.74) is 15.0. The predicted molar refractivity (Wildman–Crippen MR) is 63.9 cm³/mol. The van der Waals surface area contributed by atoms with Crippen LogP contribution in [0.2, 0.25) is 0 Å². The van der Waals surface area contributed by atoms with Crippen molar-refractivity contribution >= 4 is 36.6 Å². The van der Waals surface area contributed by atoms with E-state index in [-0.39, 0.29) is 0 Å². The van der Waals surface area contributed by atoms with Gasteiger partial charge in [-0.2, -0.15) is 0 Å². The molecule has 72 valence electrons. The minimum absolute atomic E-state index is 0.679. The second kappa shape index (κ2) is 3.72. The third kappa shape index (κ3) is 1.60. The standard InChI is InChI=1S/C9H14N2S2/c1-3-5-6(10)8(12)4(2)9(13)7(5)11/h12-13H,3,10-11H2,1-2H3. The molecule has 13 heavy (non-hydrogen) atoms. The Morgan fingerprint density at radius 1 is 1.08 bits per heavy atom. The Bertz CT molecular complexity index is 319. The molecule has 0 fully saturated rings. The van der Waals surface area contributed by atoms with Gasteiger partial charge in [0.05, 0.1) is 11.4 Å². The topological polar surface area (TPSA) is 52.0 Å². The molecule has 0 aliphatic carbocycles. The second-order valence-electron chi connectivity index (χ2n) is 2.98. The van der Waals surface area contributed by atoms with Crippen LogP contribution in [0.4, 0.5) is 11.4 Å². The first kappa shape index (κ1) is 10.6. The number of anilines is 2. The van der Waals surface area contributed by atoms with E-state index in [0.29, 0.717) is 11.4 Å². The van der Waals surface area contributed by atoms with Crippen molar-refractivity contribution in [1.82, 2.24) is 0 Å². The minimum atomic E-state index is 0.679. The lowest BCUT2D eigenvalue weighted by atomic mass is 10.0. The molecule has 1 aromatic carbocycles. The summed E-state index contributed by atoms with van der Waals surface area (Å²) in [6.45, 7) is 3.93. The third-order valence-corrected chi connectivity index (χ3v) is 3.38. The van der Waals surface area contributed by atoms with Crippen LogP contribution in [0, 0.1) is 6.92 Å². The van der Waals surface area contributed by atoms with Gasteiger partial charge in [-0.1, -0.05) is 6.92 Å². The Morgan fingerprint density at radius 3 is 1.77 bits per heavy atom. The number of nitrogens with two attached hydrogens (primary N) is 2. The molecule has 4 N–H and O–H groups in total. The van der Waals surface area contributed by atoms with Gasteiger partial charge in [-0.05, 0) is 24.5 Å². The predicted octanol–water partition coefficient (Wildman–Crippen LogP) is 2.30. The van der Waals surface area contributed by atoms with Crippen LogP contribution >= 0.6 is 25.3 Å². The fourth-order valence-electron chi connectivity index (χ4n) is 1.33. The van der Waals surface area contributed by atoms with E-state index in [1.807, 2.05) is 13.8 Å². The highest BCUT2D eigenvalue weighted by atomic mass is 32.1. The molecule has 1 rings (SSSR count). The van der Waals surface area contributed by atoms with E-state index in [2.05, 4.69) is 25.3 Å². The second-order valence-corrected chi connectivity index (χ2v) is 3.88. The summed E-state index contributed by atoms with van der Waals surface area (Å²) < 4.78 is 0. The first-order valence-electron chi connectivity index (χ1n) is 4.09. The first-order chi connectivity index (χ1) is 6.00. The third-order valence-electron chi connectivity index (χ3n) is 2.22. The van der Waals surface area contributed by atoms with Crippen LogP contribution in [0.3, 0.4) is 0 Å². The summed E-state index contributed by atoms with van der Waals surface area (Å²) in [5, 5.41) is 0. The zero-order valence-electron chi connectivity index (χ0n) is 7.76. The molecule has 0 atom stereocenters. The number of nitrogen functional groups attached to an aromatic ring is 2. The molecular weight excluding hydrogens is 200 g/mol. The van der Waals surface area contributed by atoms with E-state index in [1.165, 1.54) is 0 Å². The molecule has 1 aromatic rings. The largest absolute Gasteiger partial charge is 0.398 e. The maximum Gasteiger partial charge on any atom is 0.0506 e. The van der Waals surface area contributed by atoms with Gasteiger partial charge in [-0.25, -0.2) is 0 Å². The lowest BCUT2D eigenvalue weighted by Gasteiger charge is -2.15. The average molecular weight is 214 g/mol. The summed E-state index contributed by atoms with van der Waals surface area (Å²) in [7, 11) is 0. The first-order valence-corrected chi connectivity index (χ1v) is 4.98. The molecule has 0 aliphatic heterocycles. The van der Waals surface area contributed by atoms with E-state index >= 15 is 0 Å². The van der Waals surface area contributed by atoms with E-state index < -0.39 is 0 Å². The number of benzene rings is 1. The number of thiol groups is 2. The van der Waals surface area contributed by atoms with Crippen molar-refractivity contribution in [3.8, 4) is 0 Å². The highest BCUT2D eigenvalue weighted by Gasteiger charge is 2.12. The average Bonchev–Trinajstić information content (AvgIpc) is 2.13. The number of rotatable bonds is 1. The van der Waals surface area contributed by atoms with Gasteiger partial charge in [-0.15, -0.1) is 25.3 Å². The Labute approximate surface area is 89.5 Å². The lowest BCUT2D eigenvalue weighted by Crippen LogP contribution is -2.03. The summed E-state index contributed by atoms with van der Waals surface area (Å²) in [6, 6.07) is 0. The van der Waals surface area contributed by atoms with E-state index in [9.17, 15) is 0 Å². The molecule has 0 unspecified atom stereocenters. The smallest absolute Gasteiger partial charge is 0.0506 e. The highest BCUT2D eigenvalue weighted by Crippen LogP contribution is 2.36. The molecule has 0 bridgehead atoms. The van der Waals surface area contributed by atoms with Gasteiger partial charge in [0, 0.05) is 9.79 Å². The molecule has 4 heteroatoms. The van der Waals surface area contributed by atoms with Crippen LogP contribution in [0.5, 0.6) is 0 Å². The van der Waals surface area contributed by atoms with E-state index in [1.54, 1.807) is 0 Å². The molecule has 0 saturated heterocycles. The Hall–Kier alpha value is -0.480. The summed E-state index contributed by atoms with van der Waals surface area (Å²) in [4.78, 5) is 1.58. The van der Waals surface area contributed by atoms with E-state index in [0.717, 1.165) is 27.3 Å². The maximum atomic E-state index is 5.87. The summed E-state index contributed by atoms with van der Waals surface area (Å²) in [5.74, 6) is 0. The lowest BCUT2D eigenvalue weighted by molar-refractivity contribution is 1.09. The van der Waals surface area contributed by atoms with Crippen LogP contribution in [0.1, 0.15) is 18.1 Å². The molecule has 0 amide bonds. The van der Waals surface area contributed by atoms with Crippen molar-refractivity contribution in [1.29, 1.82) is 0 Å². The fourth-order valence-corrected chi connectivity index (χ4v) is 1.91. The summed E-state index contributed by atoms with van der Waals surface area (Å²) >= 11 is 8.64. The molecule has 2 nitrogen and oxygen atoms in total. The zero-order valence-corrected chi connectivity index (χ0v) is 9.55. The van der Waals surface area contributed by atoms with Gasteiger partial charge in [0.1, 0.15) is 0 Å². The van der Waals surface area contributed by atoms with Crippen molar-refractivity contribution in [3.05, 3.63) is 11.1 Å². The van der Waals surface area contributed by atoms with Crippen molar-refractivity contribution < 1.29 is 0 Å². The van der Waals surface area contributed by atoms with Crippen molar-refractivity contribution in [2.75, 3.05) is 11.5 Å². The Balaban J connectivity index is 3.56. The van der Waals surface area contributed by atoms with Crippen LogP contribution in [0.15, 0.2) is 9.79 Å². The molecule has 0 aromatic heterocycles. The van der Waals surface area contributed by atoms with Gasteiger partial charge < -0.3 is 11.5 Å².